The van der Waals surface area contributed by atoms with Gasteiger partial charge in [-0.25, -0.2) is 4.79 Å². The number of aryl methyl sites for hydroxylation is 1. The first-order chi connectivity index (χ1) is 13.5. The topological polar surface area (TPSA) is 65.7 Å². The van der Waals surface area contributed by atoms with Gasteiger partial charge in [0.25, 0.3) is 0 Å². The number of benzene rings is 3. The van der Waals surface area contributed by atoms with E-state index >= 15 is 0 Å². The Morgan fingerprint density at radius 1 is 0.893 bits per heavy atom. The second-order valence-corrected chi connectivity index (χ2v) is 6.54. The van der Waals surface area contributed by atoms with Crippen molar-refractivity contribution < 1.29 is 18.7 Å². The Balaban J connectivity index is 1.62. The fourth-order valence-corrected chi connectivity index (χ4v) is 3.08. The van der Waals surface area contributed by atoms with Crippen molar-refractivity contribution in [3.63, 3.8) is 0 Å². The molecule has 0 fully saturated rings. The van der Waals surface area contributed by atoms with Gasteiger partial charge in [-0.15, -0.1) is 0 Å². The molecule has 0 spiro atoms. The first-order valence-corrected chi connectivity index (χ1v) is 8.82. The summed E-state index contributed by atoms with van der Waals surface area (Å²) in [6.07, 6.45) is 0. The molecule has 0 aliphatic heterocycles. The maximum Gasteiger partial charge on any atom is 0.344 e. The summed E-state index contributed by atoms with van der Waals surface area (Å²) in [5, 5.41) is 2.01. The van der Waals surface area contributed by atoms with E-state index in [1.54, 1.807) is 43.5 Å². The SMILES string of the molecule is COc1ccc2c(c1)c(=O)oc1cc(OCC(=O)c3ccc(C)cc3)ccc12. The highest BCUT2D eigenvalue weighted by molar-refractivity contribution is 6.05. The van der Waals surface area contributed by atoms with E-state index in [1.165, 1.54) is 0 Å². The van der Waals surface area contributed by atoms with Gasteiger partial charge in [0.1, 0.15) is 17.1 Å². The van der Waals surface area contributed by atoms with Gasteiger partial charge in [0.2, 0.25) is 0 Å². The van der Waals surface area contributed by atoms with E-state index in [9.17, 15) is 9.59 Å². The molecular weight excluding hydrogens is 356 g/mol. The quantitative estimate of drug-likeness (QED) is 0.292. The number of rotatable bonds is 5. The smallest absolute Gasteiger partial charge is 0.344 e. The van der Waals surface area contributed by atoms with E-state index < -0.39 is 5.63 Å². The van der Waals surface area contributed by atoms with Gasteiger partial charge in [0.05, 0.1) is 12.5 Å². The second kappa shape index (κ2) is 7.19. The van der Waals surface area contributed by atoms with Crippen LogP contribution in [0.25, 0.3) is 21.7 Å². The zero-order valence-electron chi connectivity index (χ0n) is 15.5. The average Bonchev–Trinajstić information content (AvgIpc) is 2.72. The Bertz CT molecular complexity index is 1240. The standard InChI is InChI=1S/C23H18O5/c1-14-3-5-15(6-4-14)21(24)13-27-17-8-10-19-18-9-7-16(26-2)11-20(18)23(25)28-22(19)12-17/h3-12H,13H2,1-2H3. The molecule has 4 aromatic rings. The summed E-state index contributed by atoms with van der Waals surface area (Å²) in [6, 6.07) is 17.8. The van der Waals surface area contributed by atoms with Crippen LogP contribution >= 0.6 is 0 Å². The maximum atomic E-state index is 12.3. The van der Waals surface area contributed by atoms with E-state index in [2.05, 4.69) is 0 Å². The Morgan fingerprint density at radius 2 is 1.61 bits per heavy atom. The molecule has 3 aromatic carbocycles. The van der Waals surface area contributed by atoms with Crippen LogP contribution in [-0.4, -0.2) is 19.5 Å². The zero-order chi connectivity index (χ0) is 19.7. The zero-order valence-corrected chi connectivity index (χ0v) is 15.5. The van der Waals surface area contributed by atoms with Crippen molar-refractivity contribution in [2.75, 3.05) is 13.7 Å². The van der Waals surface area contributed by atoms with Gasteiger partial charge in [-0.05, 0) is 37.3 Å². The van der Waals surface area contributed by atoms with Gasteiger partial charge >= 0.3 is 5.63 Å². The summed E-state index contributed by atoms with van der Waals surface area (Å²) >= 11 is 0. The molecule has 0 unspecified atom stereocenters. The summed E-state index contributed by atoms with van der Waals surface area (Å²) in [6.45, 7) is 1.87. The number of hydrogen-bond acceptors (Lipinski definition) is 5. The fraction of sp³-hybridized carbons (Fsp3) is 0.130. The number of Topliss-reactive ketones (excluding diaryl/α,β-unsaturated/α-hetero) is 1. The van der Waals surface area contributed by atoms with Crippen LogP contribution in [0.4, 0.5) is 0 Å². The van der Waals surface area contributed by atoms with E-state index in [0.717, 1.165) is 16.3 Å². The molecule has 28 heavy (non-hydrogen) atoms. The van der Waals surface area contributed by atoms with Crippen LogP contribution in [0.5, 0.6) is 11.5 Å². The number of carbonyl (C=O) groups excluding carboxylic acids is 1. The molecule has 0 bridgehead atoms. The highest BCUT2D eigenvalue weighted by Crippen LogP contribution is 2.28. The molecule has 0 N–H and O–H groups in total. The van der Waals surface area contributed by atoms with Crippen LogP contribution in [-0.2, 0) is 0 Å². The predicted molar refractivity (Wildman–Crippen MR) is 108 cm³/mol. The van der Waals surface area contributed by atoms with Crippen LogP contribution in [0.15, 0.2) is 69.9 Å². The summed E-state index contributed by atoms with van der Waals surface area (Å²) in [7, 11) is 1.55. The molecule has 0 radical (unpaired) electrons. The van der Waals surface area contributed by atoms with Crippen molar-refractivity contribution in [3.8, 4) is 11.5 Å². The van der Waals surface area contributed by atoms with E-state index in [4.69, 9.17) is 13.9 Å². The van der Waals surface area contributed by atoms with Gasteiger partial charge in [-0.3, -0.25) is 4.79 Å². The van der Waals surface area contributed by atoms with Crippen molar-refractivity contribution in [2.45, 2.75) is 6.92 Å². The van der Waals surface area contributed by atoms with Crippen molar-refractivity contribution >= 4 is 27.5 Å². The lowest BCUT2D eigenvalue weighted by Crippen LogP contribution is -2.11. The summed E-state index contributed by atoms with van der Waals surface area (Å²) in [4.78, 5) is 24.6. The molecule has 1 heterocycles. The Kier molecular flexibility index (Phi) is 4.57. The number of ether oxygens (including phenoxy) is 2. The van der Waals surface area contributed by atoms with Gasteiger partial charge in [0, 0.05) is 22.4 Å². The lowest BCUT2D eigenvalue weighted by molar-refractivity contribution is 0.0921. The molecule has 5 nitrogen and oxygen atoms in total. The number of fused-ring (bicyclic) bond motifs is 3. The maximum absolute atomic E-state index is 12.3. The van der Waals surface area contributed by atoms with Gasteiger partial charge < -0.3 is 13.9 Å². The Morgan fingerprint density at radius 3 is 2.36 bits per heavy atom. The molecule has 0 aliphatic carbocycles. The normalized spacial score (nSPS) is 10.9. The molecule has 1 aromatic heterocycles. The Labute approximate surface area is 161 Å². The van der Waals surface area contributed by atoms with Crippen molar-refractivity contribution in [2.24, 2.45) is 0 Å². The first-order valence-electron chi connectivity index (χ1n) is 8.82. The minimum atomic E-state index is -0.450. The van der Waals surface area contributed by atoms with Gasteiger partial charge in [-0.2, -0.15) is 0 Å². The van der Waals surface area contributed by atoms with Crippen molar-refractivity contribution in [3.05, 3.63) is 82.2 Å². The van der Waals surface area contributed by atoms with Crippen LogP contribution in [0.2, 0.25) is 0 Å². The summed E-state index contributed by atoms with van der Waals surface area (Å²) in [5.74, 6) is 0.935. The molecular formula is C23H18O5. The highest BCUT2D eigenvalue weighted by Gasteiger charge is 2.11. The molecule has 4 rings (SSSR count). The summed E-state index contributed by atoms with van der Waals surface area (Å²) in [5.41, 5.74) is 1.64. The molecule has 0 saturated heterocycles. The van der Waals surface area contributed by atoms with Gasteiger partial charge in [0.15, 0.2) is 12.4 Å². The third-order valence-corrected chi connectivity index (χ3v) is 4.64. The molecule has 0 aliphatic rings. The fourth-order valence-electron chi connectivity index (χ4n) is 3.08. The van der Waals surface area contributed by atoms with E-state index in [0.29, 0.717) is 28.0 Å². The molecule has 0 amide bonds. The highest BCUT2D eigenvalue weighted by atomic mass is 16.5. The first kappa shape index (κ1) is 17.8. The van der Waals surface area contributed by atoms with Crippen LogP contribution in [0.3, 0.4) is 0 Å². The number of hydrogen-bond donors (Lipinski definition) is 0. The van der Waals surface area contributed by atoms with Crippen molar-refractivity contribution in [1.82, 2.24) is 0 Å². The van der Waals surface area contributed by atoms with E-state index in [1.807, 2.05) is 31.2 Å². The average molecular weight is 374 g/mol. The largest absolute Gasteiger partial charge is 0.497 e. The Hall–Kier alpha value is -3.60. The minimum absolute atomic E-state index is 0.0937. The molecule has 0 atom stereocenters. The monoisotopic (exact) mass is 374 g/mol. The third-order valence-electron chi connectivity index (χ3n) is 4.64. The van der Waals surface area contributed by atoms with Gasteiger partial charge in [-0.1, -0.05) is 29.8 Å². The number of carbonyl (C=O) groups is 1. The lowest BCUT2D eigenvalue weighted by atomic mass is 10.1. The lowest BCUT2D eigenvalue weighted by Gasteiger charge is -2.08. The number of methoxy groups -OCH3 is 1. The summed E-state index contributed by atoms with van der Waals surface area (Å²) < 4.78 is 16.2. The van der Waals surface area contributed by atoms with E-state index in [-0.39, 0.29) is 12.4 Å². The molecule has 5 heteroatoms. The minimum Gasteiger partial charge on any atom is -0.497 e. The van der Waals surface area contributed by atoms with Crippen LogP contribution in [0.1, 0.15) is 15.9 Å². The van der Waals surface area contributed by atoms with Crippen LogP contribution < -0.4 is 15.1 Å². The molecule has 140 valence electrons. The van der Waals surface area contributed by atoms with Crippen LogP contribution in [0, 0.1) is 6.92 Å². The second-order valence-electron chi connectivity index (χ2n) is 6.54. The third kappa shape index (κ3) is 3.34. The van der Waals surface area contributed by atoms with Crippen molar-refractivity contribution in [1.29, 1.82) is 0 Å². The number of ketones is 1. The molecule has 0 saturated carbocycles. The predicted octanol–water partition coefficient (Wildman–Crippen LogP) is 4.52.